The summed E-state index contributed by atoms with van der Waals surface area (Å²) in [6.07, 6.45) is 3.20. The largest absolute Gasteiger partial charge is 0.481 e. The molecule has 0 spiro atoms. The second-order valence-electron chi connectivity index (χ2n) is 5.20. The Kier molecular flexibility index (Phi) is 6.28. The average Bonchev–Trinajstić information content (AvgIpc) is 2.81. The third-order valence-corrected chi connectivity index (χ3v) is 3.77. The van der Waals surface area contributed by atoms with Crippen LogP contribution in [0.3, 0.4) is 0 Å². The fourth-order valence-electron chi connectivity index (χ4n) is 2.68. The number of amides is 1. The normalized spacial score (nSPS) is 22.7. The second kappa shape index (κ2) is 7.48. The van der Waals surface area contributed by atoms with Crippen LogP contribution in [-0.4, -0.2) is 48.2 Å². The van der Waals surface area contributed by atoms with Crippen LogP contribution in [0.2, 0.25) is 0 Å². The van der Waals surface area contributed by atoms with E-state index in [1.165, 1.54) is 0 Å². The minimum atomic E-state index is -0.765. The lowest BCUT2D eigenvalue weighted by Crippen LogP contribution is -2.36. The number of likely N-dealkylation sites (tertiary alicyclic amines) is 1. The standard InChI is InChI=1S/C14H25NO4/c1-3-7-14(13(17)18)8-9-15(11-14)12(16)6-5-10-19-4-2/h3-11H2,1-2H3,(H,17,18). The van der Waals surface area contributed by atoms with Crippen LogP contribution < -0.4 is 0 Å². The molecule has 1 saturated heterocycles. The molecule has 0 aromatic rings. The highest BCUT2D eigenvalue weighted by molar-refractivity contribution is 5.80. The Morgan fingerprint density at radius 2 is 2.11 bits per heavy atom. The van der Waals surface area contributed by atoms with E-state index in [1.54, 1.807) is 4.90 Å². The van der Waals surface area contributed by atoms with Gasteiger partial charge in [-0.25, -0.2) is 0 Å². The highest BCUT2D eigenvalue weighted by Gasteiger charge is 2.45. The van der Waals surface area contributed by atoms with Crippen molar-refractivity contribution >= 4 is 11.9 Å². The number of carbonyl (C=O) groups is 2. The molecule has 1 aliphatic heterocycles. The fourth-order valence-corrected chi connectivity index (χ4v) is 2.68. The molecule has 0 aromatic heterocycles. The van der Waals surface area contributed by atoms with Crippen molar-refractivity contribution in [3.05, 3.63) is 0 Å². The number of carboxylic acids is 1. The van der Waals surface area contributed by atoms with Crippen LogP contribution in [0.5, 0.6) is 0 Å². The van der Waals surface area contributed by atoms with Crippen LogP contribution in [0, 0.1) is 5.41 Å². The van der Waals surface area contributed by atoms with E-state index in [0.29, 0.717) is 52.0 Å². The van der Waals surface area contributed by atoms with Crippen LogP contribution >= 0.6 is 0 Å². The maximum absolute atomic E-state index is 12.0. The van der Waals surface area contributed by atoms with Crippen molar-refractivity contribution in [1.82, 2.24) is 4.90 Å². The summed E-state index contributed by atoms with van der Waals surface area (Å²) in [5, 5.41) is 9.38. The predicted molar refractivity (Wildman–Crippen MR) is 71.9 cm³/mol. The van der Waals surface area contributed by atoms with Gasteiger partial charge in [-0.15, -0.1) is 0 Å². The van der Waals surface area contributed by atoms with E-state index in [9.17, 15) is 14.7 Å². The predicted octanol–water partition coefficient (Wildman–Crippen LogP) is 1.91. The Bertz CT molecular complexity index is 319. The Labute approximate surface area is 114 Å². The van der Waals surface area contributed by atoms with Crippen molar-refractivity contribution in [2.24, 2.45) is 5.41 Å². The number of carbonyl (C=O) groups excluding carboxylic acids is 1. The lowest BCUT2D eigenvalue weighted by molar-refractivity contribution is -0.149. The monoisotopic (exact) mass is 271 g/mol. The zero-order valence-electron chi connectivity index (χ0n) is 12.0. The summed E-state index contributed by atoms with van der Waals surface area (Å²) in [4.78, 5) is 25.1. The van der Waals surface area contributed by atoms with Crippen molar-refractivity contribution in [2.75, 3.05) is 26.3 Å². The summed E-state index contributed by atoms with van der Waals surface area (Å²) in [7, 11) is 0. The lowest BCUT2D eigenvalue weighted by Gasteiger charge is -2.24. The zero-order valence-corrected chi connectivity index (χ0v) is 12.0. The molecule has 5 nitrogen and oxygen atoms in total. The first-order valence-corrected chi connectivity index (χ1v) is 7.14. The minimum absolute atomic E-state index is 0.0546. The molecule has 1 heterocycles. The first-order chi connectivity index (χ1) is 9.05. The topological polar surface area (TPSA) is 66.8 Å². The van der Waals surface area contributed by atoms with Crippen molar-refractivity contribution in [1.29, 1.82) is 0 Å². The molecule has 1 atom stereocenters. The third kappa shape index (κ3) is 4.20. The minimum Gasteiger partial charge on any atom is -0.481 e. The van der Waals surface area contributed by atoms with Crippen molar-refractivity contribution < 1.29 is 19.4 Å². The molecule has 0 aliphatic carbocycles. The molecule has 0 radical (unpaired) electrons. The summed E-state index contributed by atoms with van der Waals surface area (Å²) in [5.41, 5.74) is -0.718. The summed E-state index contributed by atoms with van der Waals surface area (Å²) < 4.78 is 5.20. The Morgan fingerprint density at radius 3 is 2.68 bits per heavy atom. The molecule has 0 saturated carbocycles. The second-order valence-corrected chi connectivity index (χ2v) is 5.20. The first kappa shape index (κ1) is 16.0. The van der Waals surface area contributed by atoms with Gasteiger partial charge in [0.25, 0.3) is 0 Å². The molecule has 1 fully saturated rings. The van der Waals surface area contributed by atoms with Crippen molar-refractivity contribution in [3.63, 3.8) is 0 Å². The fraction of sp³-hybridized carbons (Fsp3) is 0.857. The van der Waals surface area contributed by atoms with Gasteiger partial charge in [0.05, 0.1) is 5.41 Å². The number of hydrogen-bond acceptors (Lipinski definition) is 3. The van der Waals surface area contributed by atoms with E-state index >= 15 is 0 Å². The number of ether oxygens (including phenoxy) is 1. The molecule has 1 rings (SSSR count). The van der Waals surface area contributed by atoms with E-state index < -0.39 is 11.4 Å². The van der Waals surface area contributed by atoms with Gasteiger partial charge >= 0.3 is 5.97 Å². The van der Waals surface area contributed by atoms with Crippen LogP contribution in [0.25, 0.3) is 0 Å². The van der Waals surface area contributed by atoms with Crippen LogP contribution in [-0.2, 0) is 14.3 Å². The third-order valence-electron chi connectivity index (χ3n) is 3.77. The summed E-state index contributed by atoms with van der Waals surface area (Å²) >= 11 is 0. The van der Waals surface area contributed by atoms with Gasteiger partial charge in [-0.05, 0) is 26.2 Å². The smallest absolute Gasteiger partial charge is 0.311 e. The average molecular weight is 271 g/mol. The van der Waals surface area contributed by atoms with Gasteiger partial charge in [-0.3, -0.25) is 9.59 Å². The number of carboxylic acid groups (broad SMARTS) is 1. The van der Waals surface area contributed by atoms with Crippen LogP contribution in [0.1, 0.15) is 46.0 Å². The number of hydrogen-bond donors (Lipinski definition) is 1. The van der Waals surface area contributed by atoms with Gasteiger partial charge in [-0.1, -0.05) is 13.3 Å². The molecule has 5 heteroatoms. The summed E-state index contributed by atoms with van der Waals surface area (Å²) in [6.45, 7) is 6.10. The molecular formula is C14H25NO4. The molecule has 1 unspecified atom stereocenters. The molecular weight excluding hydrogens is 246 g/mol. The number of aliphatic carboxylic acids is 1. The van der Waals surface area contributed by atoms with Crippen molar-refractivity contribution in [3.8, 4) is 0 Å². The van der Waals surface area contributed by atoms with Gasteiger partial charge in [0.15, 0.2) is 0 Å². The maximum Gasteiger partial charge on any atom is 0.311 e. The Balaban J connectivity index is 2.45. The van der Waals surface area contributed by atoms with Gasteiger partial charge in [-0.2, -0.15) is 0 Å². The zero-order chi connectivity index (χ0) is 14.3. The number of rotatable bonds is 8. The van der Waals surface area contributed by atoms with Crippen LogP contribution in [0.4, 0.5) is 0 Å². The van der Waals surface area contributed by atoms with Crippen molar-refractivity contribution in [2.45, 2.75) is 46.0 Å². The molecule has 1 amide bonds. The lowest BCUT2D eigenvalue weighted by atomic mass is 9.83. The van der Waals surface area contributed by atoms with Gasteiger partial charge in [0.2, 0.25) is 5.91 Å². The SMILES string of the molecule is CCCC1(C(=O)O)CCN(C(=O)CCCOCC)C1. The van der Waals surface area contributed by atoms with E-state index in [1.807, 2.05) is 13.8 Å². The summed E-state index contributed by atoms with van der Waals surface area (Å²) in [5.74, 6) is -0.710. The van der Waals surface area contributed by atoms with E-state index in [4.69, 9.17) is 4.74 Å². The molecule has 0 aromatic carbocycles. The Hall–Kier alpha value is -1.10. The number of nitrogens with zero attached hydrogens (tertiary/aromatic N) is 1. The highest BCUT2D eigenvalue weighted by atomic mass is 16.5. The van der Waals surface area contributed by atoms with E-state index in [0.717, 1.165) is 6.42 Å². The first-order valence-electron chi connectivity index (χ1n) is 7.14. The quantitative estimate of drug-likeness (QED) is 0.685. The molecule has 110 valence electrons. The maximum atomic E-state index is 12.0. The summed E-state index contributed by atoms with van der Waals surface area (Å²) in [6, 6.07) is 0. The highest BCUT2D eigenvalue weighted by Crippen LogP contribution is 2.35. The van der Waals surface area contributed by atoms with Gasteiger partial charge < -0.3 is 14.7 Å². The van der Waals surface area contributed by atoms with E-state index in [2.05, 4.69) is 0 Å². The molecule has 19 heavy (non-hydrogen) atoms. The van der Waals surface area contributed by atoms with Gasteiger partial charge in [0, 0.05) is 32.7 Å². The molecule has 0 bridgehead atoms. The van der Waals surface area contributed by atoms with Crippen LogP contribution in [0.15, 0.2) is 0 Å². The molecule has 1 N–H and O–H groups in total. The Morgan fingerprint density at radius 1 is 1.37 bits per heavy atom. The molecule has 1 aliphatic rings. The van der Waals surface area contributed by atoms with E-state index in [-0.39, 0.29) is 5.91 Å². The van der Waals surface area contributed by atoms with Gasteiger partial charge in [0.1, 0.15) is 0 Å².